The zero-order valence-electron chi connectivity index (χ0n) is 18.7. The maximum atomic E-state index is 12.5. The summed E-state index contributed by atoms with van der Waals surface area (Å²) in [5, 5.41) is 0. The second-order valence-electron chi connectivity index (χ2n) is 10.8. The number of aldehydes is 1. The molecule has 2 saturated carbocycles. The third-order valence-corrected chi connectivity index (χ3v) is 8.31. The smallest absolute Gasteiger partial charge is 0.123 e. The van der Waals surface area contributed by atoms with Gasteiger partial charge in [0, 0.05) is 5.92 Å². The Balaban J connectivity index is 2.29. The van der Waals surface area contributed by atoms with Crippen LogP contribution in [0.1, 0.15) is 93.4 Å². The molecule has 0 aliphatic heterocycles. The standard InChI is InChI=1S/C25H46O/c1-8-20(23-13-18(6)9-11-21(23)16(2)3)25(15-26)24-14-19(7)10-12-22(24)17(4)5/h15-25H,8-14H2,1-7H3. The van der Waals surface area contributed by atoms with Crippen molar-refractivity contribution in [3.05, 3.63) is 0 Å². The van der Waals surface area contributed by atoms with Crippen molar-refractivity contribution in [3.8, 4) is 0 Å². The van der Waals surface area contributed by atoms with Crippen LogP contribution < -0.4 is 0 Å². The summed E-state index contributed by atoms with van der Waals surface area (Å²) in [6.07, 6.45) is 10.7. The summed E-state index contributed by atoms with van der Waals surface area (Å²) in [5.74, 6) is 6.90. The van der Waals surface area contributed by atoms with Crippen molar-refractivity contribution in [2.24, 2.45) is 59.2 Å². The van der Waals surface area contributed by atoms with Crippen LogP contribution in [0.3, 0.4) is 0 Å². The quantitative estimate of drug-likeness (QED) is 0.436. The fourth-order valence-corrected chi connectivity index (χ4v) is 6.87. The molecular weight excluding hydrogens is 316 g/mol. The largest absolute Gasteiger partial charge is 0.303 e. The highest BCUT2D eigenvalue weighted by atomic mass is 16.1. The molecule has 1 nitrogen and oxygen atoms in total. The zero-order valence-corrected chi connectivity index (χ0v) is 18.7. The van der Waals surface area contributed by atoms with Crippen LogP contribution in [0.5, 0.6) is 0 Å². The molecule has 0 aromatic rings. The van der Waals surface area contributed by atoms with Gasteiger partial charge in [0.25, 0.3) is 0 Å². The van der Waals surface area contributed by atoms with E-state index in [9.17, 15) is 4.79 Å². The fourth-order valence-electron chi connectivity index (χ4n) is 6.87. The summed E-state index contributed by atoms with van der Waals surface area (Å²) in [7, 11) is 0. The summed E-state index contributed by atoms with van der Waals surface area (Å²) < 4.78 is 0. The van der Waals surface area contributed by atoms with Gasteiger partial charge in [-0.1, -0.05) is 67.7 Å². The number of carbonyl (C=O) groups is 1. The molecule has 2 aliphatic carbocycles. The van der Waals surface area contributed by atoms with Crippen LogP contribution in [0, 0.1) is 59.2 Å². The molecule has 152 valence electrons. The lowest BCUT2D eigenvalue weighted by atomic mass is 9.57. The first-order valence-corrected chi connectivity index (χ1v) is 11.7. The highest BCUT2D eigenvalue weighted by molar-refractivity contribution is 5.55. The van der Waals surface area contributed by atoms with Crippen LogP contribution in [0.4, 0.5) is 0 Å². The third kappa shape index (κ3) is 4.93. The van der Waals surface area contributed by atoms with E-state index in [1.807, 2.05) is 0 Å². The molecule has 0 saturated heterocycles. The highest BCUT2D eigenvalue weighted by Crippen LogP contribution is 2.50. The Kier molecular flexibility index (Phi) is 8.23. The summed E-state index contributed by atoms with van der Waals surface area (Å²) in [4.78, 5) is 12.5. The topological polar surface area (TPSA) is 17.1 Å². The Morgan fingerprint density at radius 1 is 0.769 bits per heavy atom. The average molecular weight is 363 g/mol. The number of rotatable bonds is 7. The zero-order chi connectivity index (χ0) is 19.4. The molecule has 0 heterocycles. The van der Waals surface area contributed by atoms with E-state index < -0.39 is 0 Å². The van der Waals surface area contributed by atoms with Crippen LogP contribution in [0.15, 0.2) is 0 Å². The third-order valence-electron chi connectivity index (χ3n) is 8.31. The molecule has 0 N–H and O–H groups in total. The molecule has 1 heteroatoms. The predicted molar refractivity (Wildman–Crippen MR) is 113 cm³/mol. The van der Waals surface area contributed by atoms with Gasteiger partial charge in [-0.15, -0.1) is 0 Å². The lowest BCUT2D eigenvalue weighted by Gasteiger charge is -2.48. The monoisotopic (exact) mass is 362 g/mol. The molecule has 2 rings (SSSR count). The molecule has 8 unspecified atom stereocenters. The van der Waals surface area contributed by atoms with E-state index in [1.165, 1.54) is 51.2 Å². The van der Waals surface area contributed by atoms with Crippen LogP contribution >= 0.6 is 0 Å². The molecule has 0 radical (unpaired) electrons. The van der Waals surface area contributed by atoms with Gasteiger partial charge in [0.05, 0.1) is 0 Å². The Labute approximate surface area is 164 Å². The Morgan fingerprint density at radius 2 is 1.23 bits per heavy atom. The van der Waals surface area contributed by atoms with Gasteiger partial charge in [-0.05, 0) is 78.9 Å². The van der Waals surface area contributed by atoms with Gasteiger partial charge in [-0.3, -0.25) is 0 Å². The minimum Gasteiger partial charge on any atom is -0.303 e. The number of hydrogen-bond acceptors (Lipinski definition) is 1. The number of hydrogen-bond donors (Lipinski definition) is 0. The van der Waals surface area contributed by atoms with Crippen LogP contribution in [0.25, 0.3) is 0 Å². The summed E-state index contributed by atoms with van der Waals surface area (Å²) in [6.45, 7) is 16.8. The van der Waals surface area contributed by atoms with Crippen LogP contribution in [0.2, 0.25) is 0 Å². The summed E-state index contributed by atoms with van der Waals surface area (Å²) in [5.41, 5.74) is 0. The van der Waals surface area contributed by atoms with E-state index >= 15 is 0 Å². The van der Waals surface area contributed by atoms with Gasteiger partial charge in [0.2, 0.25) is 0 Å². The molecule has 0 spiro atoms. The first-order valence-electron chi connectivity index (χ1n) is 11.7. The molecule has 2 fully saturated rings. The van der Waals surface area contributed by atoms with E-state index in [-0.39, 0.29) is 5.92 Å². The Hall–Kier alpha value is -0.330. The van der Waals surface area contributed by atoms with E-state index in [4.69, 9.17) is 0 Å². The average Bonchev–Trinajstić information content (AvgIpc) is 2.58. The number of carbonyl (C=O) groups excluding carboxylic acids is 1. The van der Waals surface area contributed by atoms with Gasteiger partial charge >= 0.3 is 0 Å². The minimum atomic E-state index is 0.284. The second-order valence-corrected chi connectivity index (χ2v) is 10.8. The Morgan fingerprint density at radius 3 is 1.65 bits per heavy atom. The molecule has 8 atom stereocenters. The molecule has 0 aromatic carbocycles. The maximum Gasteiger partial charge on any atom is 0.123 e. The summed E-state index contributed by atoms with van der Waals surface area (Å²) in [6, 6.07) is 0. The van der Waals surface area contributed by atoms with Crippen molar-refractivity contribution in [2.45, 2.75) is 93.4 Å². The van der Waals surface area contributed by atoms with E-state index in [0.29, 0.717) is 17.8 Å². The van der Waals surface area contributed by atoms with Gasteiger partial charge in [0.15, 0.2) is 0 Å². The lowest BCUT2D eigenvalue weighted by molar-refractivity contribution is -0.119. The Bertz CT molecular complexity index is 426. The van der Waals surface area contributed by atoms with Gasteiger partial charge in [0.1, 0.15) is 6.29 Å². The van der Waals surface area contributed by atoms with Crippen molar-refractivity contribution < 1.29 is 4.79 Å². The van der Waals surface area contributed by atoms with Gasteiger partial charge in [-0.25, -0.2) is 0 Å². The second kappa shape index (κ2) is 9.74. The lowest BCUT2D eigenvalue weighted by Crippen LogP contribution is -2.42. The van der Waals surface area contributed by atoms with Gasteiger partial charge < -0.3 is 4.79 Å². The molecule has 0 amide bonds. The van der Waals surface area contributed by atoms with E-state index in [1.54, 1.807) is 0 Å². The molecule has 0 bridgehead atoms. The van der Waals surface area contributed by atoms with Crippen molar-refractivity contribution in [1.29, 1.82) is 0 Å². The van der Waals surface area contributed by atoms with Crippen molar-refractivity contribution in [3.63, 3.8) is 0 Å². The summed E-state index contributed by atoms with van der Waals surface area (Å²) >= 11 is 0. The first-order chi connectivity index (χ1) is 12.3. The van der Waals surface area contributed by atoms with Crippen LogP contribution in [-0.4, -0.2) is 6.29 Å². The molecule has 2 aliphatic rings. The van der Waals surface area contributed by atoms with Crippen molar-refractivity contribution in [1.82, 2.24) is 0 Å². The van der Waals surface area contributed by atoms with E-state index in [2.05, 4.69) is 48.5 Å². The maximum absolute atomic E-state index is 12.5. The van der Waals surface area contributed by atoms with Crippen LogP contribution in [-0.2, 0) is 4.79 Å². The SMILES string of the molecule is CCC(C(C=O)C1CC(C)CCC1C(C)C)C1CC(C)CCC1C(C)C. The van der Waals surface area contributed by atoms with Crippen molar-refractivity contribution in [2.75, 3.05) is 0 Å². The van der Waals surface area contributed by atoms with Gasteiger partial charge in [-0.2, -0.15) is 0 Å². The van der Waals surface area contributed by atoms with Crippen molar-refractivity contribution >= 4 is 6.29 Å². The fraction of sp³-hybridized carbons (Fsp3) is 0.960. The van der Waals surface area contributed by atoms with E-state index in [0.717, 1.165) is 35.5 Å². The highest BCUT2D eigenvalue weighted by Gasteiger charge is 2.44. The first kappa shape index (κ1) is 22.0. The molecule has 26 heavy (non-hydrogen) atoms. The minimum absolute atomic E-state index is 0.284. The predicted octanol–water partition coefficient (Wildman–Crippen LogP) is 7.24. The molecule has 0 aromatic heterocycles. The molecular formula is C25H46O. The normalized spacial score (nSPS) is 38.3.